The lowest BCUT2D eigenvalue weighted by molar-refractivity contribution is 0.0920. The number of aromatic amines is 1. The second-order valence-corrected chi connectivity index (χ2v) is 7.30. The number of pyridine rings is 1. The third kappa shape index (κ3) is 3.92. The van der Waals surface area contributed by atoms with Gasteiger partial charge in [-0.3, -0.25) is 9.59 Å². The van der Waals surface area contributed by atoms with Crippen LogP contribution in [0.5, 0.6) is 0 Å². The standard InChI is InChI=1S/C13H19N3O4S/c1-9-5-6-11(12(17)14-9)13(18)15-10-4-3-7-16(8-10)21(2,19)20/h5-6,10H,3-4,7-8H2,1-2H3,(H,14,17)(H,15,18). The minimum atomic E-state index is -3.26. The Morgan fingerprint density at radius 1 is 1.43 bits per heavy atom. The normalized spacial score (nSPS) is 20.2. The summed E-state index contributed by atoms with van der Waals surface area (Å²) in [6.07, 6.45) is 2.53. The van der Waals surface area contributed by atoms with Crippen molar-refractivity contribution in [1.82, 2.24) is 14.6 Å². The number of aromatic nitrogens is 1. The quantitative estimate of drug-likeness (QED) is 0.809. The Balaban J connectivity index is 2.07. The topological polar surface area (TPSA) is 99.3 Å². The minimum Gasteiger partial charge on any atom is -0.348 e. The largest absolute Gasteiger partial charge is 0.348 e. The van der Waals surface area contributed by atoms with Crippen LogP contribution in [0, 0.1) is 6.92 Å². The maximum atomic E-state index is 12.1. The molecule has 116 valence electrons. The van der Waals surface area contributed by atoms with E-state index in [-0.39, 0.29) is 18.2 Å². The lowest BCUT2D eigenvalue weighted by Gasteiger charge is -2.31. The molecule has 2 N–H and O–H groups in total. The molecule has 2 heterocycles. The Labute approximate surface area is 123 Å². The molecule has 1 aliphatic heterocycles. The van der Waals surface area contributed by atoms with Crippen LogP contribution in [0.4, 0.5) is 0 Å². The number of H-pyrrole nitrogens is 1. The number of hydrogen-bond acceptors (Lipinski definition) is 4. The first-order valence-corrected chi connectivity index (χ1v) is 8.58. The van der Waals surface area contributed by atoms with E-state index in [4.69, 9.17) is 0 Å². The molecule has 0 saturated carbocycles. The van der Waals surface area contributed by atoms with Gasteiger partial charge >= 0.3 is 0 Å². The van der Waals surface area contributed by atoms with E-state index in [1.165, 1.54) is 10.4 Å². The zero-order chi connectivity index (χ0) is 15.6. The molecule has 1 aromatic rings. The summed E-state index contributed by atoms with van der Waals surface area (Å²) in [5.41, 5.74) is 0.276. The lowest BCUT2D eigenvalue weighted by Crippen LogP contribution is -2.49. The number of amides is 1. The number of carbonyl (C=O) groups is 1. The molecule has 0 bridgehead atoms. The molecule has 1 saturated heterocycles. The second-order valence-electron chi connectivity index (χ2n) is 5.32. The van der Waals surface area contributed by atoms with Gasteiger partial charge in [-0.15, -0.1) is 0 Å². The fourth-order valence-electron chi connectivity index (χ4n) is 2.38. The van der Waals surface area contributed by atoms with Crippen molar-refractivity contribution in [2.45, 2.75) is 25.8 Å². The molecule has 2 rings (SSSR count). The average molecular weight is 313 g/mol. The summed E-state index contributed by atoms with van der Waals surface area (Å²) in [6.45, 7) is 2.44. The summed E-state index contributed by atoms with van der Waals surface area (Å²) in [5.74, 6) is -0.475. The van der Waals surface area contributed by atoms with E-state index in [0.717, 1.165) is 6.26 Å². The Hall–Kier alpha value is -1.67. The number of aryl methyl sites for hydroxylation is 1. The van der Waals surface area contributed by atoms with Gasteiger partial charge in [0.2, 0.25) is 10.0 Å². The predicted molar refractivity (Wildman–Crippen MR) is 78.7 cm³/mol. The summed E-state index contributed by atoms with van der Waals surface area (Å²) in [5, 5.41) is 2.73. The first kappa shape index (κ1) is 15.7. The molecule has 8 heteroatoms. The SMILES string of the molecule is Cc1ccc(C(=O)NC2CCCN(S(C)(=O)=O)C2)c(=O)[nH]1. The zero-order valence-corrected chi connectivity index (χ0v) is 12.9. The van der Waals surface area contributed by atoms with Crippen molar-refractivity contribution in [2.75, 3.05) is 19.3 Å². The summed E-state index contributed by atoms with van der Waals surface area (Å²) in [6, 6.07) is 2.85. The van der Waals surface area contributed by atoms with Crippen molar-refractivity contribution in [3.05, 3.63) is 33.7 Å². The van der Waals surface area contributed by atoms with Crippen molar-refractivity contribution in [1.29, 1.82) is 0 Å². The van der Waals surface area contributed by atoms with Crippen LogP contribution >= 0.6 is 0 Å². The number of piperidine rings is 1. The maximum absolute atomic E-state index is 12.1. The van der Waals surface area contributed by atoms with Gasteiger partial charge in [-0.25, -0.2) is 12.7 Å². The highest BCUT2D eigenvalue weighted by Gasteiger charge is 2.27. The van der Waals surface area contributed by atoms with Crippen LogP contribution in [0.3, 0.4) is 0 Å². The van der Waals surface area contributed by atoms with Gasteiger partial charge in [0.15, 0.2) is 0 Å². The minimum absolute atomic E-state index is 0.0390. The van der Waals surface area contributed by atoms with Crippen LogP contribution in [0.1, 0.15) is 28.9 Å². The number of rotatable bonds is 3. The smallest absolute Gasteiger partial charge is 0.260 e. The van der Waals surface area contributed by atoms with Crippen LogP contribution in [-0.4, -0.2) is 49.0 Å². The van der Waals surface area contributed by atoms with Gasteiger partial charge in [0.05, 0.1) is 6.26 Å². The van der Waals surface area contributed by atoms with Crippen molar-refractivity contribution in [3.63, 3.8) is 0 Å². The Kier molecular flexibility index (Phi) is 4.48. The monoisotopic (exact) mass is 313 g/mol. The highest BCUT2D eigenvalue weighted by molar-refractivity contribution is 7.88. The molecule has 1 amide bonds. The second kappa shape index (κ2) is 5.98. The maximum Gasteiger partial charge on any atom is 0.260 e. The van der Waals surface area contributed by atoms with Gasteiger partial charge in [0.25, 0.3) is 11.5 Å². The van der Waals surface area contributed by atoms with E-state index >= 15 is 0 Å². The van der Waals surface area contributed by atoms with Crippen LogP contribution < -0.4 is 10.9 Å². The van der Waals surface area contributed by atoms with Crippen LogP contribution in [0.25, 0.3) is 0 Å². The molecule has 21 heavy (non-hydrogen) atoms. The molecule has 1 aromatic heterocycles. The third-order valence-electron chi connectivity index (χ3n) is 3.49. The van der Waals surface area contributed by atoms with Crippen molar-refractivity contribution in [3.8, 4) is 0 Å². The average Bonchev–Trinajstić information content (AvgIpc) is 2.37. The molecule has 0 spiro atoms. The molecule has 0 aromatic carbocycles. The van der Waals surface area contributed by atoms with E-state index in [1.54, 1.807) is 13.0 Å². The number of carbonyl (C=O) groups excluding carboxylic acids is 1. The number of nitrogens with zero attached hydrogens (tertiary/aromatic N) is 1. The van der Waals surface area contributed by atoms with Crippen molar-refractivity contribution in [2.24, 2.45) is 0 Å². The van der Waals surface area contributed by atoms with Crippen LogP contribution in [-0.2, 0) is 10.0 Å². The van der Waals surface area contributed by atoms with Crippen LogP contribution in [0.15, 0.2) is 16.9 Å². The fourth-order valence-corrected chi connectivity index (χ4v) is 3.29. The van der Waals surface area contributed by atoms with E-state index in [0.29, 0.717) is 25.1 Å². The molecule has 1 atom stereocenters. The molecule has 1 aliphatic rings. The third-order valence-corrected chi connectivity index (χ3v) is 4.76. The highest BCUT2D eigenvalue weighted by Crippen LogP contribution is 2.13. The number of nitrogens with one attached hydrogen (secondary N) is 2. The highest BCUT2D eigenvalue weighted by atomic mass is 32.2. The summed E-state index contributed by atoms with van der Waals surface area (Å²) in [4.78, 5) is 26.4. The van der Waals surface area contributed by atoms with Gasteiger partial charge in [-0.05, 0) is 31.9 Å². The predicted octanol–water partition coefficient (Wildman–Crippen LogP) is -0.163. The first-order chi connectivity index (χ1) is 9.77. The lowest BCUT2D eigenvalue weighted by atomic mass is 10.1. The van der Waals surface area contributed by atoms with Gasteiger partial charge < -0.3 is 10.3 Å². The molecule has 0 aliphatic carbocycles. The van der Waals surface area contributed by atoms with Crippen LogP contribution in [0.2, 0.25) is 0 Å². The van der Waals surface area contributed by atoms with Crippen molar-refractivity contribution < 1.29 is 13.2 Å². The van der Waals surface area contributed by atoms with E-state index in [1.807, 2.05) is 0 Å². The summed E-state index contributed by atoms with van der Waals surface area (Å²) >= 11 is 0. The zero-order valence-electron chi connectivity index (χ0n) is 12.0. The van der Waals surface area contributed by atoms with Gasteiger partial charge in [0.1, 0.15) is 5.56 Å². The Morgan fingerprint density at radius 3 is 2.76 bits per heavy atom. The Morgan fingerprint density at radius 2 is 2.14 bits per heavy atom. The van der Waals surface area contributed by atoms with Gasteiger partial charge in [0, 0.05) is 24.8 Å². The molecule has 1 unspecified atom stereocenters. The molecule has 7 nitrogen and oxygen atoms in total. The number of hydrogen-bond donors (Lipinski definition) is 2. The molecule has 0 radical (unpaired) electrons. The van der Waals surface area contributed by atoms with Gasteiger partial charge in [-0.2, -0.15) is 0 Å². The summed E-state index contributed by atoms with van der Waals surface area (Å²) in [7, 11) is -3.26. The fraction of sp³-hybridized carbons (Fsp3) is 0.538. The van der Waals surface area contributed by atoms with E-state index in [9.17, 15) is 18.0 Å². The molecular weight excluding hydrogens is 294 g/mol. The van der Waals surface area contributed by atoms with E-state index in [2.05, 4.69) is 10.3 Å². The van der Waals surface area contributed by atoms with E-state index < -0.39 is 21.5 Å². The summed E-state index contributed by atoms with van der Waals surface area (Å²) < 4.78 is 24.4. The first-order valence-electron chi connectivity index (χ1n) is 6.73. The Bertz CT molecular complexity index is 696. The van der Waals surface area contributed by atoms with Gasteiger partial charge in [-0.1, -0.05) is 0 Å². The van der Waals surface area contributed by atoms with Crippen molar-refractivity contribution >= 4 is 15.9 Å². The number of sulfonamides is 1. The molecule has 1 fully saturated rings. The molecular formula is C13H19N3O4S.